The summed E-state index contributed by atoms with van der Waals surface area (Å²) in [6, 6.07) is 2.40. The van der Waals surface area contributed by atoms with Crippen molar-refractivity contribution in [2.75, 3.05) is 0 Å². The smallest absolute Gasteiger partial charge is 0.409 e. The Hall–Kier alpha value is -2.04. The van der Waals surface area contributed by atoms with E-state index in [0.29, 0.717) is 0 Å². The lowest BCUT2D eigenvalue weighted by molar-refractivity contribution is -0.324. The second kappa shape index (κ2) is 6.16. The van der Waals surface area contributed by atoms with Gasteiger partial charge in [0.1, 0.15) is 5.69 Å². The van der Waals surface area contributed by atoms with Gasteiger partial charge in [0, 0.05) is 11.8 Å². The summed E-state index contributed by atoms with van der Waals surface area (Å²) in [5, 5.41) is 11.0. The van der Waals surface area contributed by atoms with E-state index in [4.69, 9.17) is 10.9 Å². The van der Waals surface area contributed by atoms with Crippen LogP contribution in [0, 0.1) is 0 Å². The zero-order valence-corrected chi connectivity index (χ0v) is 10.1. The maximum atomic E-state index is 12.3. The Kier molecular flexibility index (Phi) is 4.99. The summed E-state index contributed by atoms with van der Waals surface area (Å²) in [6.07, 6.45) is -14.0. The van der Waals surface area contributed by atoms with Crippen LogP contribution in [0.15, 0.2) is 23.5 Å². The Morgan fingerprint density at radius 1 is 1.29 bits per heavy atom. The van der Waals surface area contributed by atoms with Crippen LogP contribution in [-0.2, 0) is 11.3 Å². The van der Waals surface area contributed by atoms with E-state index >= 15 is 0 Å². The van der Waals surface area contributed by atoms with Crippen molar-refractivity contribution in [1.82, 2.24) is 4.98 Å². The normalized spacial score (nSPS) is 13.8. The maximum absolute atomic E-state index is 12.3. The number of nitrogens with two attached hydrogens (primary N) is 1. The number of halogens is 6. The standard InChI is InChI=1S/C10H9F6N3O2/c11-9(12,13)8(10(14,15)16)21-4-5-2-1-3-18-6(5)7(17)19-20/h1-3,8,20H,4H2,(H2,17,19). The van der Waals surface area contributed by atoms with E-state index in [-0.39, 0.29) is 11.3 Å². The average molecular weight is 317 g/mol. The fourth-order valence-electron chi connectivity index (χ4n) is 1.38. The van der Waals surface area contributed by atoms with Crippen LogP contribution in [0.25, 0.3) is 0 Å². The highest BCUT2D eigenvalue weighted by Crippen LogP contribution is 2.36. The molecule has 0 radical (unpaired) electrons. The highest BCUT2D eigenvalue weighted by molar-refractivity contribution is 5.96. The lowest BCUT2D eigenvalue weighted by Crippen LogP contribution is -2.44. The number of aromatic nitrogens is 1. The van der Waals surface area contributed by atoms with Gasteiger partial charge < -0.3 is 15.7 Å². The van der Waals surface area contributed by atoms with Crippen molar-refractivity contribution >= 4 is 5.84 Å². The van der Waals surface area contributed by atoms with Crippen LogP contribution in [0.1, 0.15) is 11.3 Å². The van der Waals surface area contributed by atoms with E-state index in [0.717, 1.165) is 6.07 Å². The number of amidine groups is 1. The highest BCUT2D eigenvalue weighted by Gasteiger charge is 2.58. The molecule has 0 spiro atoms. The third kappa shape index (κ3) is 4.48. The molecule has 1 heterocycles. The van der Waals surface area contributed by atoms with Crippen LogP contribution in [0.3, 0.4) is 0 Å². The van der Waals surface area contributed by atoms with Crippen LogP contribution in [0.4, 0.5) is 26.3 Å². The molecule has 21 heavy (non-hydrogen) atoms. The van der Waals surface area contributed by atoms with E-state index in [9.17, 15) is 26.3 Å². The van der Waals surface area contributed by atoms with Crippen molar-refractivity contribution in [1.29, 1.82) is 0 Å². The molecule has 0 unspecified atom stereocenters. The summed E-state index contributed by atoms with van der Waals surface area (Å²) < 4.78 is 77.7. The van der Waals surface area contributed by atoms with Gasteiger partial charge in [-0.05, 0) is 6.07 Å². The second-order valence-corrected chi connectivity index (χ2v) is 3.77. The number of rotatable bonds is 4. The Morgan fingerprint density at radius 2 is 1.86 bits per heavy atom. The number of ether oxygens (including phenoxy) is 1. The Balaban J connectivity index is 2.97. The average Bonchev–Trinajstić information content (AvgIpc) is 2.35. The molecule has 0 aliphatic rings. The van der Waals surface area contributed by atoms with Gasteiger partial charge >= 0.3 is 12.4 Å². The van der Waals surface area contributed by atoms with Gasteiger partial charge in [0.2, 0.25) is 6.10 Å². The second-order valence-electron chi connectivity index (χ2n) is 3.77. The number of oxime groups is 1. The van der Waals surface area contributed by atoms with Gasteiger partial charge in [0.05, 0.1) is 6.61 Å². The van der Waals surface area contributed by atoms with Crippen LogP contribution >= 0.6 is 0 Å². The fraction of sp³-hybridized carbons (Fsp3) is 0.400. The molecule has 118 valence electrons. The first-order chi connectivity index (χ1) is 9.57. The summed E-state index contributed by atoms with van der Waals surface area (Å²) in [5.74, 6) is -0.565. The third-order valence-electron chi connectivity index (χ3n) is 2.24. The minimum Gasteiger partial charge on any atom is -0.409 e. The molecule has 0 saturated heterocycles. The Labute approximate surface area is 114 Å². The van der Waals surface area contributed by atoms with Crippen LogP contribution in [0.5, 0.6) is 0 Å². The Bertz CT molecular complexity index is 500. The molecule has 5 nitrogen and oxygen atoms in total. The number of hydrogen-bond acceptors (Lipinski definition) is 4. The number of pyridine rings is 1. The van der Waals surface area contributed by atoms with Crippen LogP contribution < -0.4 is 5.73 Å². The van der Waals surface area contributed by atoms with Gasteiger partial charge in [-0.25, -0.2) is 0 Å². The van der Waals surface area contributed by atoms with Crippen LogP contribution in [0.2, 0.25) is 0 Å². The molecule has 1 aromatic heterocycles. The largest absolute Gasteiger partial charge is 0.423 e. The van der Waals surface area contributed by atoms with Crippen molar-refractivity contribution in [2.45, 2.75) is 25.1 Å². The molecule has 0 aliphatic heterocycles. The summed E-state index contributed by atoms with van der Waals surface area (Å²) in [5.41, 5.74) is 4.75. The van der Waals surface area contributed by atoms with E-state index < -0.39 is 30.9 Å². The number of alkyl halides is 6. The summed E-state index contributed by atoms with van der Waals surface area (Å²) in [4.78, 5) is 3.59. The van der Waals surface area contributed by atoms with Gasteiger partial charge in [-0.15, -0.1) is 0 Å². The van der Waals surface area contributed by atoms with Gasteiger partial charge in [0.25, 0.3) is 0 Å². The van der Waals surface area contributed by atoms with Crippen molar-refractivity contribution < 1.29 is 36.3 Å². The minimum absolute atomic E-state index is 0.189. The van der Waals surface area contributed by atoms with E-state index in [1.807, 2.05) is 0 Å². The van der Waals surface area contributed by atoms with Crippen molar-refractivity contribution in [2.24, 2.45) is 10.9 Å². The van der Waals surface area contributed by atoms with Crippen molar-refractivity contribution in [3.8, 4) is 0 Å². The van der Waals surface area contributed by atoms with Crippen molar-refractivity contribution in [3.05, 3.63) is 29.6 Å². The molecule has 0 amide bonds. The van der Waals surface area contributed by atoms with E-state index in [1.165, 1.54) is 12.3 Å². The van der Waals surface area contributed by atoms with Crippen LogP contribution in [-0.4, -0.2) is 34.5 Å². The van der Waals surface area contributed by atoms with E-state index in [1.54, 1.807) is 0 Å². The minimum atomic E-state index is -5.61. The number of hydrogen-bond donors (Lipinski definition) is 2. The molecular weight excluding hydrogens is 308 g/mol. The van der Waals surface area contributed by atoms with Gasteiger partial charge in [0.15, 0.2) is 5.84 Å². The van der Waals surface area contributed by atoms with E-state index in [2.05, 4.69) is 14.9 Å². The molecule has 0 aromatic carbocycles. The number of nitrogens with zero attached hydrogens (tertiary/aromatic N) is 2. The molecule has 1 aromatic rings. The topological polar surface area (TPSA) is 80.7 Å². The maximum Gasteiger partial charge on any atom is 0.423 e. The first-order valence-corrected chi connectivity index (χ1v) is 5.24. The molecule has 0 saturated carbocycles. The van der Waals surface area contributed by atoms with Gasteiger partial charge in [-0.1, -0.05) is 11.2 Å². The first kappa shape index (κ1) is 17.0. The lowest BCUT2D eigenvalue weighted by Gasteiger charge is -2.23. The summed E-state index contributed by atoms with van der Waals surface area (Å²) in [7, 11) is 0. The lowest BCUT2D eigenvalue weighted by atomic mass is 10.2. The van der Waals surface area contributed by atoms with Gasteiger partial charge in [-0.2, -0.15) is 26.3 Å². The Morgan fingerprint density at radius 3 is 2.33 bits per heavy atom. The van der Waals surface area contributed by atoms with Crippen molar-refractivity contribution in [3.63, 3.8) is 0 Å². The quantitative estimate of drug-likeness (QED) is 0.293. The molecule has 0 bridgehead atoms. The summed E-state index contributed by atoms with van der Waals surface area (Å²) >= 11 is 0. The predicted octanol–water partition coefficient (Wildman–Crippen LogP) is 2.19. The molecule has 0 atom stereocenters. The zero-order valence-electron chi connectivity index (χ0n) is 10.1. The monoisotopic (exact) mass is 317 g/mol. The fourth-order valence-corrected chi connectivity index (χ4v) is 1.38. The molecule has 1 rings (SSSR count). The highest BCUT2D eigenvalue weighted by atomic mass is 19.4. The molecule has 0 aliphatic carbocycles. The predicted molar refractivity (Wildman–Crippen MR) is 57.4 cm³/mol. The molecular formula is C10H9F6N3O2. The third-order valence-corrected chi connectivity index (χ3v) is 2.24. The molecule has 0 fully saturated rings. The zero-order chi connectivity index (χ0) is 16.3. The molecule has 11 heteroatoms. The summed E-state index contributed by atoms with van der Waals surface area (Å²) in [6.45, 7) is -1.07. The molecule has 3 N–H and O–H groups in total. The SMILES string of the molecule is N/C(=N/O)c1ncccc1COC(C(F)(F)F)C(F)(F)F. The first-order valence-electron chi connectivity index (χ1n) is 5.24. The van der Waals surface area contributed by atoms with Gasteiger partial charge in [-0.3, -0.25) is 4.98 Å².